The Bertz CT molecular complexity index is 399. The van der Waals surface area contributed by atoms with Crippen LogP contribution in [0.2, 0.25) is 0 Å². The van der Waals surface area contributed by atoms with Crippen molar-refractivity contribution in [2.45, 2.75) is 6.92 Å². The molecule has 0 bridgehead atoms. The molecule has 0 atom stereocenters. The fourth-order valence-corrected chi connectivity index (χ4v) is 1.33. The minimum Gasteiger partial charge on any atom is -0.324 e. The molecule has 0 spiro atoms. The molecule has 2 aromatic rings. The summed E-state index contributed by atoms with van der Waals surface area (Å²) in [5.41, 5.74) is 3.49. The van der Waals surface area contributed by atoms with Gasteiger partial charge in [-0.25, -0.2) is 0 Å². The molecule has 1 nitrogen and oxygen atoms in total. The van der Waals surface area contributed by atoms with E-state index in [0.29, 0.717) is 0 Å². The van der Waals surface area contributed by atoms with Crippen LogP contribution in [0.5, 0.6) is 0 Å². The Balaban J connectivity index is 2.49. The Kier molecular flexibility index (Phi) is 1.93. The van der Waals surface area contributed by atoms with Gasteiger partial charge in [-0.05, 0) is 49.2 Å². The monoisotopic (exact) mass is 170 g/mol. The first-order valence-corrected chi connectivity index (χ1v) is 4.33. The van der Waals surface area contributed by atoms with Gasteiger partial charge in [-0.3, -0.25) is 0 Å². The number of benzene rings is 1. The van der Waals surface area contributed by atoms with Crippen LogP contribution < -0.4 is 0 Å². The Morgan fingerprint density at radius 3 is 2.46 bits per heavy atom. The number of nitrogens with zero attached hydrogens (tertiary/aromatic N) is 1. The normalized spacial score (nSPS) is 10.3. The third kappa shape index (κ3) is 1.50. The van der Waals surface area contributed by atoms with Gasteiger partial charge >= 0.3 is 0 Å². The van der Waals surface area contributed by atoms with Crippen molar-refractivity contribution in [2.24, 2.45) is 0 Å². The van der Waals surface area contributed by atoms with Crippen LogP contribution in [0.3, 0.4) is 0 Å². The van der Waals surface area contributed by atoms with Gasteiger partial charge in [0.2, 0.25) is 0 Å². The molecule has 2 rings (SSSR count). The third-order valence-electron chi connectivity index (χ3n) is 2.24. The van der Waals surface area contributed by atoms with Gasteiger partial charge in [0.1, 0.15) is 0 Å². The van der Waals surface area contributed by atoms with E-state index in [1.54, 1.807) is 0 Å². The standard InChI is InChI=1S/C12H12N/c1-10-5-6-12(9-11(10)2)13-7-3-4-8-13/h3-9H,2H2,1H3. The number of hydrogen-bond acceptors (Lipinski definition) is 0. The number of aryl methyl sites for hydroxylation is 1. The van der Waals surface area contributed by atoms with E-state index in [0.717, 1.165) is 5.56 Å². The van der Waals surface area contributed by atoms with Crippen LogP contribution in [0, 0.1) is 13.8 Å². The van der Waals surface area contributed by atoms with Gasteiger partial charge in [-0.1, -0.05) is 6.07 Å². The van der Waals surface area contributed by atoms with E-state index in [9.17, 15) is 0 Å². The van der Waals surface area contributed by atoms with Crippen molar-refractivity contribution in [1.82, 2.24) is 4.57 Å². The van der Waals surface area contributed by atoms with Crippen LogP contribution >= 0.6 is 0 Å². The van der Waals surface area contributed by atoms with Gasteiger partial charge in [0.25, 0.3) is 0 Å². The van der Waals surface area contributed by atoms with Gasteiger partial charge in [-0.2, -0.15) is 0 Å². The summed E-state index contributed by atoms with van der Waals surface area (Å²) >= 11 is 0. The smallest absolute Gasteiger partial charge is 0.0452 e. The van der Waals surface area contributed by atoms with Gasteiger partial charge < -0.3 is 4.57 Å². The molecule has 0 amide bonds. The molecule has 0 fully saturated rings. The van der Waals surface area contributed by atoms with Crippen LogP contribution in [0.15, 0.2) is 42.7 Å². The number of aromatic nitrogens is 1. The van der Waals surface area contributed by atoms with Crippen LogP contribution in [0.1, 0.15) is 11.1 Å². The summed E-state index contributed by atoms with van der Waals surface area (Å²) in [5.74, 6) is 0. The van der Waals surface area contributed by atoms with E-state index in [-0.39, 0.29) is 0 Å². The molecule has 0 aliphatic rings. The molecule has 1 radical (unpaired) electrons. The zero-order valence-corrected chi connectivity index (χ0v) is 7.70. The van der Waals surface area contributed by atoms with Gasteiger partial charge in [0, 0.05) is 18.1 Å². The Hall–Kier alpha value is -1.50. The highest BCUT2D eigenvalue weighted by atomic mass is 14.9. The molecule has 0 N–H and O–H groups in total. The Morgan fingerprint density at radius 1 is 1.15 bits per heavy atom. The zero-order valence-electron chi connectivity index (χ0n) is 7.70. The first-order chi connectivity index (χ1) is 6.27. The highest BCUT2D eigenvalue weighted by Gasteiger charge is 1.96. The Morgan fingerprint density at radius 2 is 1.85 bits per heavy atom. The Labute approximate surface area is 78.6 Å². The average molecular weight is 170 g/mol. The first-order valence-electron chi connectivity index (χ1n) is 4.33. The summed E-state index contributed by atoms with van der Waals surface area (Å²) in [6, 6.07) is 10.3. The summed E-state index contributed by atoms with van der Waals surface area (Å²) in [7, 11) is 0. The lowest BCUT2D eigenvalue weighted by atomic mass is 10.1. The van der Waals surface area contributed by atoms with E-state index < -0.39 is 0 Å². The second-order valence-electron chi connectivity index (χ2n) is 3.20. The van der Waals surface area contributed by atoms with Gasteiger partial charge in [-0.15, -0.1) is 0 Å². The summed E-state index contributed by atoms with van der Waals surface area (Å²) in [6.45, 7) is 6.05. The minimum absolute atomic E-state index is 1.09. The summed E-state index contributed by atoms with van der Waals surface area (Å²) < 4.78 is 2.08. The van der Waals surface area contributed by atoms with Gasteiger partial charge in [0.05, 0.1) is 0 Å². The zero-order chi connectivity index (χ0) is 9.26. The van der Waals surface area contributed by atoms with Crippen molar-refractivity contribution < 1.29 is 0 Å². The molecule has 1 aromatic heterocycles. The van der Waals surface area contributed by atoms with Gasteiger partial charge in [0.15, 0.2) is 0 Å². The SMILES string of the molecule is [CH2]c1cc(-n2cccc2)ccc1C. The molecule has 1 heteroatoms. The lowest BCUT2D eigenvalue weighted by Crippen LogP contribution is -1.91. The maximum absolute atomic E-state index is 3.98. The molecule has 65 valence electrons. The minimum atomic E-state index is 1.09. The van der Waals surface area contributed by atoms with Crippen molar-refractivity contribution in [3.63, 3.8) is 0 Å². The van der Waals surface area contributed by atoms with Crippen LogP contribution in [0.4, 0.5) is 0 Å². The maximum Gasteiger partial charge on any atom is 0.0452 e. The molecular formula is C12H12N. The molecule has 1 aromatic carbocycles. The summed E-state index contributed by atoms with van der Waals surface area (Å²) in [4.78, 5) is 0. The van der Waals surface area contributed by atoms with E-state index in [2.05, 4.69) is 36.6 Å². The second-order valence-corrected chi connectivity index (χ2v) is 3.20. The van der Waals surface area contributed by atoms with E-state index >= 15 is 0 Å². The van der Waals surface area contributed by atoms with Crippen molar-refractivity contribution >= 4 is 0 Å². The highest BCUT2D eigenvalue weighted by molar-refractivity contribution is 5.41. The fraction of sp³-hybridized carbons (Fsp3) is 0.0833. The lowest BCUT2D eigenvalue weighted by molar-refractivity contribution is 1.07. The van der Waals surface area contributed by atoms with Crippen LogP contribution in [0.25, 0.3) is 5.69 Å². The second kappa shape index (κ2) is 3.09. The largest absolute Gasteiger partial charge is 0.324 e. The maximum atomic E-state index is 3.98. The molecule has 0 aliphatic carbocycles. The van der Waals surface area contributed by atoms with Crippen LogP contribution in [-0.4, -0.2) is 4.57 Å². The average Bonchev–Trinajstić information content (AvgIpc) is 2.62. The van der Waals surface area contributed by atoms with Crippen molar-refractivity contribution in [2.75, 3.05) is 0 Å². The molecule has 1 heterocycles. The third-order valence-corrected chi connectivity index (χ3v) is 2.24. The van der Waals surface area contributed by atoms with Crippen molar-refractivity contribution in [3.8, 4) is 5.69 Å². The quantitative estimate of drug-likeness (QED) is 0.620. The highest BCUT2D eigenvalue weighted by Crippen LogP contribution is 2.13. The number of hydrogen-bond donors (Lipinski definition) is 0. The molecule has 0 aliphatic heterocycles. The molecule has 0 saturated heterocycles. The molecule has 0 saturated carbocycles. The van der Waals surface area contributed by atoms with E-state index in [1.807, 2.05) is 24.5 Å². The first kappa shape index (κ1) is 8.11. The van der Waals surface area contributed by atoms with Crippen molar-refractivity contribution in [3.05, 3.63) is 60.8 Å². The van der Waals surface area contributed by atoms with Crippen molar-refractivity contribution in [1.29, 1.82) is 0 Å². The summed E-state index contributed by atoms with van der Waals surface area (Å²) in [6.07, 6.45) is 4.06. The topological polar surface area (TPSA) is 4.93 Å². The molecular weight excluding hydrogens is 158 g/mol. The van der Waals surface area contributed by atoms with E-state index in [4.69, 9.17) is 0 Å². The predicted molar refractivity (Wildman–Crippen MR) is 55.0 cm³/mol. The molecule has 13 heavy (non-hydrogen) atoms. The number of rotatable bonds is 1. The predicted octanol–water partition coefficient (Wildman–Crippen LogP) is 2.97. The summed E-state index contributed by atoms with van der Waals surface area (Å²) in [5, 5.41) is 0. The molecule has 0 unspecified atom stereocenters. The lowest BCUT2D eigenvalue weighted by Gasteiger charge is -2.05. The van der Waals surface area contributed by atoms with E-state index in [1.165, 1.54) is 11.3 Å². The van der Waals surface area contributed by atoms with Crippen LogP contribution in [-0.2, 0) is 0 Å². The fourth-order valence-electron chi connectivity index (χ4n) is 1.33.